The first-order chi connectivity index (χ1) is 12.1. The first-order valence-corrected chi connectivity index (χ1v) is 9.05. The first kappa shape index (κ1) is 17.3. The number of nitrogens with zero attached hydrogens (tertiary/aromatic N) is 4. The highest BCUT2D eigenvalue weighted by Gasteiger charge is 2.51. The number of amides is 1. The number of rotatable bonds is 5. The van der Waals surface area contributed by atoms with Crippen LogP contribution in [0.1, 0.15) is 20.3 Å². The van der Waals surface area contributed by atoms with Crippen molar-refractivity contribution < 1.29 is 4.79 Å². The third-order valence-corrected chi connectivity index (χ3v) is 5.11. The Hall–Kier alpha value is -2.50. The molecule has 3 heterocycles. The second-order valence-corrected chi connectivity index (χ2v) is 6.70. The molecule has 2 N–H and O–H groups in total. The lowest BCUT2D eigenvalue weighted by molar-refractivity contribution is -0.130. The van der Waals surface area contributed by atoms with Crippen molar-refractivity contribution in [2.75, 3.05) is 18.4 Å². The van der Waals surface area contributed by atoms with E-state index in [0.717, 1.165) is 24.2 Å². The van der Waals surface area contributed by atoms with E-state index < -0.39 is 5.66 Å². The summed E-state index contributed by atoms with van der Waals surface area (Å²) in [5.41, 5.74) is 0.647. The number of pyridine rings is 1. The molecule has 2 aromatic rings. The molecule has 1 fully saturated rings. The molecule has 1 saturated heterocycles. The minimum atomic E-state index is -1.13. The molecule has 2 unspecified atom stereocenters. The van der Waals surface area contributed by atoms with Crippen LogP contribution in [-0.2, 0) is 4.79 Å². The molecule has 0 aromatic carbocycles. The van der Waals surface area contributed by atoms with Crippen molar-refractivity contribution in [3.05, 3.63) is 29.9 Å². The number of nitriles is 1. The Morgan fingerprint density at radius 1 is 1.52 bits per heavy atom. The third kappa shape index (κ3) is 3.21. The number of likely N-dealkylation sites (N-methyl/N-ethyl adjacent to an activating group) is 1. The maximum absolute atomic E-state index is 12.1. The molecule has 1 amide bonds. The summed E-state index contributed by atoms with van der Waals surface area (Å²) in [4.78, 5) is 22.3. The number of aromatic nitrogens is 2. The lowest BCUT2D eigenvalue weighted by Gasteiger charge is -2.36. The summed E-state index contributed by atoms with van der Waals surface area (Å²) in [5, 5.41) is 19.0. The van der Waals surface area contributed by atoms with Gasteiger partial charge < -0.3 is 15.5 Å². The SMILES string of the molecule is CCNC1CCN(C(C)=O)C1(C#N)Nc1nc(-c2ccncc2)cs1. The van der Waals surface area contributed by atoms with Crippen LogP contribution in [0.3, 0.4) is 0 Å². The minimum Gasteiger partial charge on any atom is -0.325 e. The number of carbonyl (C=O) groups is 1. The van der Waals surface area contributed by atoms with Gasteiger partial charge in [0.05, 0.1) is 11.7 Å². The summed E-state index contributed by atoms with van der Waals surface area (Å²) < 4.78 is 0. The van der Waals surface area contributed by atoms with Crippen molar-refractivity contribution in [1.29, 1.82) is 5.26 Å². The van der Waals surface area contributed by atoms with Gasteiger partial charge in [-0.1, -0.05) is 6.92 Å². The molecule has 0 radical (unpaired) electrons. The van der Waals surface area contributed by atoms with E-state index >= 15 is 0 Å². The lowest BCUT2D eigenvalue weighted by atomic mass is 10.0. The average Bonchev–Trinajstić information content (AvgIpc) is 3.22. The predicted molar refractivity (Wildman–Crippen MR) is 96.8 cm³/mol. The Bertz CT molecular complexity index is 786. The van der Waals surface area contributed by atoms with Crippen LogP contribution in [-0.4, -0.2) is 45.6 Å². The highest BCUT2D eigenvalue weighted by Crippen LogP contribution is 2.33. The summed E-state index contributed by atoms with van der Waals surface area (Å²) in [6.07, 6.45) is 4.15. The number of carbonyl (C=O) groups excluding carboxylic acids is 1. The van der Waals surface area contributed by atoms with Gasteiger partial charge in [0.1, 0.15) is 6.07 Å². The number of likely N-dealkylation sites (tertiary alicyclic amines) is 1. The van der Waals surface area contributed by atoms with Gasteiger partial charge in [-0.2, -0.15) is 5.26 Å². The van der Waals surface area contributed by atoms with E-state index in [0.29, 0.717) is 11.7 Å². The third-order valence-electron chi connectivity index (χ3n) is 4.35. The second-order valence-electron chi connectivity index (χ2n) is 5.85. The molecule has 7 nitrogen and oxygen atoms in total. The largest absolute Gasteiger partial charge is 0.325 e. The standard InChI is InChI=1S/C17H20N6OS/c1-3-20-15-6-9-23(12(2)24)17(15,11-18)22-16-21-14(10-25-16)13-4-7-19-8-5-13/h4-5,7-8,10,15,20H,3,6,9H2,1-2H3,(H,21,22). The second kappa shape index (κ2) is 7.17. The number of anilines is 1. The van der Waals surface area contributed by atoms with Gasteiger partial charge in [0.2, 0.25) is 11.6 Å². The fraction of sp³-hybridized carbons (Fsp3) is 0.412. The van der Waals surface area contributed by atoms with E-state index in [1.165, 1.54) is 18.3 Å². The van der Waals surface area contributed by atoms with Crippen LogP contribution in [0.5, 0.6) is 0 Å². The Morgan fingerprint density at radius 2 is 2.28 bits per heavy atom. The van der Waals surface area contributed by atoms with E-state index in [1.807, 2.05) is 24.4 Å². The molecule has 25 heavy (non-hydrogen) atoms. The van der Waals surface area contributed by atoms with E-state index in [1.54, 1.807) is 17.3 Å². The molecule has 0 bridgehead atoms. The molecule has 2 atom stereocenters. The Labute approximate surface area is 150 Å². The van der Waals surface area contributed by atoms with Crippen LogP contribution >= 0.6 is 11.3 Å². The lowest BCUT2D eigenvalue weighted by Crippen LogP contribution is -2.60. The van der Waals surface area contributed by atoms with E-state index in [2.05, 4.69) is 26.7 Å². The summed E-state index contributed by atoms with van der Waals surface area (Å²) in [7, 11) is 0. The minimum absolute atomic E-state index is 0.125. The average molecular weight is 356 g/mol. The monoisotopic (exact) mass is 356 g/mol. The molecule has 3 rings (SSSR count). The van der Waals surface area contributed by atoms with Crippen molar-refractivity contribution in [2.24, 2.45) is 0 Å². The molecule has 1 aliphatic rings. The molecular weight excluding hydrogens is 336 g/mol. The number of hydrogen-bond donors (Lipinski definition) is 2. The van der Waals surface area contributed by atoms with Gasteiger partial charge in [0.25, 0.3) is 0 Å². The number of nitrogens with one attached hydrogen (secondary N) is 2. The topological polar surface area (TPSA) is 93.9 Å². The fourth-order valence-electron chi connectivity index (χ4n) is 3.20. The predicted octanol–water partition coefficient (Wildman–Crippen LogP) is 2.07. The van der Waals surface area contributed by atoms with E-state index in [9.17, 15) is 10.1 Å². The Kier molecular flexibility index (Phi) is 4.97. The zero-order valence-electron chi connectivity index (χ0n) is 14.2. The first-order valence-electron chi connectivity index (χ1n) is 8.17. The Balaban J connectivity index is 1.91. The highest BCUT2D eigenvalue weighted by molar-refractivity contribution is 7.14. The molecule has 0 aliphatic carbocycles. The van der Waals surface area contributed by atoms with Gasteiger partial charge in [-0.25, -0.2) is 4.98 Å². The van der Waals surface area contributed by atoms with Crippen molar-refractivity contribution >= 4 is 22.4 Å². The Morgan fingerprint density at radius 3 is 2.92 bits per heavy atom. The number of thiazole rings is 1. The molecule has 130 valence electrons. The maximum atomic E-state index is 12.1. The summed E-state index contributed by atoms with van der Waals surface area (Å²) >= 11 is 1.42. The summed E-state index contributed by atoms with van der Waals surface area (Å²) in [6.45, 7) is 4.74. The van der Waals surface area contributed by atoms with E-state index in [-0.39, 0.29) is 11.9 Å². The van der Waals surface area contributed by atoms with Gasteiger partial charge >= 0.3 is 0 Å². The van der Waals surface area contributed by atoms with Crippen molar-refractivity contribution in [2.45, 2.75) is 32.0 Å². The smallest absolute Gasteiger partial charge is 0.222 e. The van der Waals surface area contributed by atoms with Gasteiger partial charge in [0, 0.05) is 36.8 Å². The summed E-state index contributed by atoms with van der Waals surface area (Å²) in [6, 6.07) is 5.95. The highest BCUT2D eigenvalue weighted by atomic mass is 32.1. The molecule has 0 saturated carbocycles. The van der Waals surface area contributed by atoms with Gasteiger partial charge in [-0.3, -0.25) is 9.78 Å². The molecule has 8 heteroatoms. The van der Waals surface area contributed by atoms with Gasteiger partial charge in [0.15, 0.2) is 5.13 Å². The molecular formula is C17H20N6OS. The van der Waals surface area contributed by atoms with Crippen molar-refractivity contribution in [3.8, 4) is 17.3 Å². The fourth-order valence-corrected chi connectivity index (χ4v) is 3.98. The molecule has 2 aromatic heterocycles. The molecule has 0 spiro atoms. The number of hydrogen-bond acceptors (Lipinski definition) is 7. The van der Waals surface area contributed by atoms with E-state index in [4.69, 9.17) is 0 Å². The van der Waals surface area contributed by atoms with Crippen LogP contribution in [0.15, 0.2) is 29.9 Å². The van der Waals surface area contributed by atoms with Crippen LogP contribution in [0.4, 0.5) is 5.13 Å². The zero-order valence-corrected chi connectivity index (χ0v) is 15.0. The summed E-state index contributed by atoms with van der Waals surface area (Å²) in [5.74, 6) is -0.125. The van der Waals surface area contributed by atoms with Crippen LogP contribution < -0.4 is 10.6 Å². The van der Waals surface area contributed by atoms with Crippen LogP contribution in [0.2, 0.25) is 0 Å². The van der Waals surface area contributed by atoms with Crippen LogP contribution in [0, 0.1) is 11.3 Å². The van der Waals surface area contributed by atoms with Gasteiger partial charge in [-0.15, -0.1) is 11.3 Å². The maximum Gasteiger partial charge on any atom is 0.222 e. The normalized spacial score (nSPS) is 22.6. The molecule has 1 aliphatic heterocycles. The van der Waals surface area contributed by atoms with Gasteiger partial charge in [-0.05, 0) is 25.1 Å². The van der Waals surface area contributed by atoms with Crippen LogP contribution in [0.25, 0.3) is 11.3 Å². The quantitative estimate of drug-likeness (QED) is 0.852. The van der Waals surface area contributed by atoms with Crippen molar-refractivity contribution in [1.82, 2.24) is 20.2 Å². The van der Waals surface area contributed by atoms with Crippen molar-refractivity contribution in [3.63, 3.8) is 0 Å². The zero-order chi connectivity index (χ0) is 17.9.